The van der Waals surface area contributed by atoms with Crippen LogP contribution in [0.25, 0.3) is 0 Å². The number of ketones is 1. The number of benzene rings is 2. The number of halogens is 2. The van der Waals surface area contributed by atoms with Crippen LogP contribution in [0.5, 0.6) is 0 Å². The summed E-state index contributed by atoms with van der Waals surface area (Å²) >= 11 is 6.87. The first-order valence-corrected chi connectivity index (χ1v) is 7.14. The first-order chi connectivity index (χ1) is 8.49. The third-order valence-corrected chi connectivity index (χ3v) is 4.18. The van der Waals surface area contributed by atoms with E-state index in [1.165, 1.54) is 0 Å². The molecule has 0 atom stereocenters. The van der Waals surface area contributed by atoms with E-state index in [2.05, 4.69) is 31.9 Å². The lowest BCUT2D eigenvalue weighted by atomic mass is 9.97. The molecule has 0 aliphatic carbocycles. The molecule has 0 spiro atoms. The van der Waals surface area contributed by atoms with Crippen LogP contribution in [0, 0.1) is 13.8 Å². The molecule has 2 aromatic rings. The average Bonchev–Trinajstić information content (AvgIpc) is 2.33. The fourth-order valence-corrected chi connectivity index (χ4v) is 2.67. The molecule has 0 saturated heterocycles. The Morgan fingerprint density at radius 3 is 2.39 bits per heavy atom. The number of carbonyl (C=O) groups is 1. The number of hydrogen-bond acceptors (Lipinski definition) is 1. The quantitative estimate of drug-likeness (QED) is 0.678. The minimum Gasteiger partial charge on any atom is -0.289 e. The van der Waals surface area contributed by atoms with Crippen molar-refractivity contribution in [2.24, 2.45) is 0 Å². The van der Waals surface area contributed by atoms with Crippen LogP contribution in [0.3, 0.4) is 0 Å². The van der Waals surface area contributed by atoms with E-state index in [1.807, 2.05) is 50.2 Å². The van der Waals surface area contributed by atoms with Crippen LogP contribution in [-0.4, -0.2) is 5.78 Å². The van der Waals surface area contributed by atoms with Gasteiger partial charge in [-0.3, -0.25) is 4.79 Å². The Morgan fingerprint density at radius 1 is 1.00 bits per heavy atom. The van der Waals surface area contributed by atoms with Gasteiger partial charge in [0.1, 0.15) is 0 Å². The summed E-state index contributed by atoms with van der Waals surface area (Å²) in [4.78, 5) is 12.4. The molecule has 0 bridgehead atoms. The molecule has 0 heterocycles. The third-order valence-electron chi connectivity index (χ3n) is 2.84. The largest absolute Gasteiger partial charge is 0.289 e. The van der Waals surface area contributed by atoms with Crippen LogP contribution in [0.4, 0.5) is 0 Å². The summed E-state index contributed by atoms with van der Waals surface area (Å²) in [5.74, 6) is 0.0596. The van der Waals surface area contributed by atoms with Crippen molar-refractivity contribution in [3.63, 3.8) is 0 Å². The molecule has 0 N–H and O–H groups in total. The highest BCUT2D eigenvalue weighted by Crippen LogP contribution is 2.24. The average molecular weight is 368 g/mol. The zero-order chi connectivity index (χ0) is 13.3. The topological polar surface area (TPSA) is 17.1 Å². The Labute approximate surface area is 123 Å². The molecule has 0 saturated carbocycles. The van der Waals surface area contributed by atoms with Gasteiger partial charge in [0.15, 0.2) is 5.78 Å². The van der Waals surface area contributed by atoms with E-state index in [4.69, 9.17) is 0 Å². The molecule has 92 valence electrons. The van der Waals surface area contributed by atoms with E-state index in [0.717, 1.165) is 25.6 Å². The van der Waals surface area contributed by atoms with Gasteiger partial charge < -0.3 is 0 Å². The summed E-state index contributed by atoms with van der Waals surface area (Å²) in [6.45, 7) is 3.94. The highest BCUT2D eigenvalue weighted by atomic mass is 79.9. The summed E-state index contributed by atoms with van der Waals surface area (Å²) < 4.78 is 1.95. The highest BCUT2D eigenvalue weighted by Gasteiger charge is 2.13. The molecule has 0 amide bonds. The van der Waals surface area contributed by atoms with Crippen molar-refractivity contribution in [1.29, 1.82) is 0 Å². The van der Waals surface area contributed by atoms with Crippen molar-refractivity contribution < 1.29 is 4.79 Å². The lowest BCUT2D eigenvalue weighted by Gasteiger charge is -2.08. The second kappa shape index (κ2) is 5.37. The molecule has 0 aromatic heterocycles. The fraction of sp³-hybridized carbons (Fsp3) is 0.133. The van der Waals surface area contributed by atoms with E-state index >= 15 is 0 Å². The van der Waals surface area contributed by atoms with Crippen LogP contribution in [0.2, 0.25) is 0 Å². The van der Waals surface area contributed by atoms with Crippen molar-refractivity contribution in [3.05, 3.63) is 67.6 Å². The van der Waals surface area contributed by atoms with Crippen LogP contribution in [0.15, 0.2) is 45.3 Å². The van der Waals surface area contributed by atoms with Crippen molar-refractivity contribution in [2.75, 3.05) is 0 Å². The van der Waals surface area contributed by atoms with E-state index in [0.29, 0.717) is 5.56 Å². The van der Waals surface area contributed by atoms with Crippen LogP contribution >= 0.6 is 31.9 Å². The lowest BCUT2D eigenvalue weighted by molar-refractivity contribution is 0.103. The standard InChI is InChI=1S/C15H12Br2O/c1-9-7-14(17)10(2)6-13(9)15(18)11-4-3-5-12(16)8-11/h3-8H,1-2H3. The number of carbonyl (C=O) groups excluding carboxylic acids is 1. The maximum absolute atomic E-state index is 12.4. The molecule has 1 nitrogen and oxygen atoms in total. The SMILES string of the molecule is Cc1cc(C(=O)c2cccc(Br)c2)c(C)cc1Br. The van der Waals surface area contributed by atoms with Crippen molar-refractivity contribution >= 4 is 37.6 Å². The van der Waals surface area contributed by atoms with Gasteiger partial charge in [0.25, 0.3) is 0 Å². The van der Waals surface area contributed by atoms with Gasteiger partial charge in [-0.2, -0.15) is 0 Å². The Hall–Kier alpha value is -0.930. The second-order valence-corrected chi connectivity index (χ2v) is 6.03. The zero-order valence-electron chi connectivity index (χ0n) is 10.1. The molecule has 0 aliphatic rings. The van der Waals surface area contributed by atoms with E-state index in [-0.39, 0.29) is 5.78 Å². The monoisotopic (exact) mass is 366 g/mol. The second-order valence-electron chi connectivity index (χ2n) is 4.26. The van der Waals surface area contributed by atoms with E-state index in [9.17, 15) is 4.79 Å². The molecule has 2 rings (SSSR count). The van der Waals surface area contributed by atoms with Gasteiger partial charge in [-0.15, -0.1) is 0 Å². The van der Waals surface area contributed by atoms with Crippen molar-refractivity contribution in [1.82, 2.24) is 0 Å². The smallest absolute Gasteiger partial charge is 0.193 e. The minimum atomic E-state index is 0.0596. The van der Waals surface area contributed by atoms with E-state index < -0.39 is 0 Å². The first kappa shape index (κ1) is 13.5. The predicted octanol–water partition coefficient (Wildman–Crippen LogP) is 5.06. The summed E-state index contributed by atoms with van der Waals surface area (Å²) in [5, 5.41) is 0. The van der Waals surface area contributed by atoms with Gasteiger partial charge in [0, 0.05) is 20.1 Å². The van der Waals surface area contributed by atoms with Crippen molar-refractivity contribution in [2.45, 2.75) is 13.8 Å². The van der Waals surface area contributed by atoms with Gasteiger partial charge >= 0.3 is 0 Å². The number of rotatable bonds is 2. The highest BCUT2D eigenvalue weighted by molar-refractivity contribution is 9.10. The molecular formula is C15H12Br2O. The maximum Gasteiger partial charge on any atom is 0.193 e. The Bertz CT molecular complexity index is 618. The third kappa shape index (κ3) is 2.73. The Balaban J connectivity index is 2.49. The maximum atomic E-state index is 12.4. The number of hydrogen-bond donors (Lipinski definition) is 0. The summed E-state index contributed by atoms with van der Waals surface area (Å²) in [6, 6.07) is 11.4. The van der Waals surface area contributed by atoms with Gasteiger partial charge in [-0.05, 0) is 49.2 Å². The first-order valence-electron chi connectivity index (χ1n) is 5.56. The summed E-state index contributed by atoms with van der Waals surface area (Å²) in [7, 11) is 0. The Morgan fingerprint density at radius 2 is 1.72 bits per heavy atom. The molecule has 0 aliphatic heterocycles. The van der Waals surface area contributed by atoms with Gasteiger partial charge in [0.05, 0.1) is 0 Å². The van der Waals surface area contributed by atoms with Crippen molar-refractivity contribution in [3.8, 4) is 0 Å². The molecule has 0 unspecified atom stereocenters. The van der Waals surface area contributed by atoms with Gasteiger partial charge in [0.2, 0.25) is 0 Å². The molecule has 2 aromatic carbocycles. The molecular weight excluding hydrogens is 356 g/mol. The number of aryl methyl sites for hydroxylation is 2. The van der Waals surface area contributed by atoms with Crippen LogP contribution in [0.1, 0.15) is 27.0 Å². The Kier molecular flexibility index (Phi) is 4.03. The lowest BCUT2D eigenvalue weighted by Crippen LogP contribution is -2.04. The predicted molar refractivity (Wildman–Crippen MR) is 81.2 cm³/mol. The summed E-state index contributed by atoms with van der Waals surface area (Å²) in [6.07, 6.45) is 0. The molecule has 0 fully saturated rings. The zero-order valence-corrected chi connectivity index (χ0v) is 13.3. The summed E-state index contributed by atoms with van der Waals surface area (Å²) in [5.41, 5.74) is 3.51. The molecule has 18 heavy (non-hydrogen) atoms. The molecule has 0 radical (unpaired) electrons. The normalized spacial score (nSPS) is 10.4. The van der Waals surface area contributed by atoms with Crippen LogP contribution < -0.4 is 0 Å². The van der Waals surface area contributed by atoms with E-state index in [1.54, 1.807) is 0 Å². The molecule has 3 heteroatoms. The van der Waals surface area contributed by atoms with Gasteiger partial charge in [-0.1, -0.05) is 44.0 Å². The van der Waals surface area contributed by atoms with Crippen LogP contribution in [-0.2, 0) is 0 Å². The minimum absolute atomic E-state index is 0.0596. The van der Waals surface area contributed by atoms with Gasteiger partial charge in [-0.25, -0.2) is 0 Å². The fourth-order valence-electron chi connectivity index (χ4n) is 1.81.